The Bertz CT molecular complexity index is 286. The third-order valence-corrected chi connectivity index (χ3v) is 5.53. The Morgan fingerprint density at radius 1 is 1.17 bits per heavy atom. The van der Waals surface area contributed by atoms with Crippen LogP contribution in [0.5, 0.6) is 0 Å². The van der Waals surface area contributed by atoms with Gasteiger partial charge in [0.1, 0.15) is 0 Å². The van der Waals surface area contributed by atoms with Crippen molar-refractivity contribution in [2.24, 2.45) is 11.8 Å². The van der Waals surface area contributed by atoms with Crippen molar-refractivity contribution >= 4 is 0 Å². The molecule has 18 heavy (non-hydrogen) atoms. The molecule has 3 unspecified atom stereocenters. The van der Waals surface area contributed by atoms with E-state index in [0.717, 1.165) is 31.2 Å². The van der Waals surface area contributed by atoms with Crippen molar-refractivity contribution in [3.05, 3.63) is 0 Å². The lowest BCUT2D eigenvalue weighted by atomic mass is 9.79. The summed E-state index contributed by atoms with van der Waals surface area (Å²) in [6, 6.07) is 0.659. The smallest absolute Gasteiger partial charge is 0.0771 e. The van der Waals surface area contributed by atoms with Gasteiger partial charge in [-0.05, 0) is 63.5 Å². The maximum atomic E-state index is 10.6. The minimum absolute atomic E-state index is 0.414. The lowest BCUT2D eigenvalue weighted by Gasteiger charge is -2.38. The van der Waals surface area contributed by atoms with Crippen molar-refractivity contribution in [2.45, 2.75) is 57.1 Å². The Labute approximate surface area is 111 Å². The van der Waals surface area contributed by atoms with E-state index in [1.165, 1.54) is 45.3 Å². The first-order valence-corrected chi connectivity index (χ1v) is 7.83. The second-order valence-electron chi connectivity index (χ2n) is 7.03. The van der Waals surface area contributed by atoms with Gasteiger partial charge in [-0.2, -0.15) is 0 Å². The van der Waals surface area contributed by atoms with Crippen LogP contribution in [0.1, 0.15) is 45.4 Å². The Balaban J connectivity index is 1.48. The average Bonchev–Trinajstić information content (AvgIpc) is 2.75. The van der Waals surface area contributed by atoms with Crippen LogP contribution in [-0.4, -0.2) is 47.8 Å². The van der Waals surface area contributed by atoms with Gasteiger partial charge >= 0.3 is 0 Å². The molecule has 104 valence electrons. The Morgan fingerprint density at radius 2 is 1.89 bits per heavy atom. The Morgan fingerprint density at radius 3 is 2.67 bits per heavy atom. The Hall–Kier alpha value is -0.120. The molecule has 2 heterocycles. The summed E-state index contributed by atoms with van der Waals surface area (Å²) in [4.78, 5) is 2.58. The molecular weight excluding hydrogens is 224 g/mol. The normalized spacial score (nSPS) is 48.3. The molecule has 0 amide bonds. The SMILES string of the molecule is CC1CCC(O)(CNC2CCN3CCC2C3)CC1. The first-order valence-electron chi connectivity index (χ1n) is 7.83. The van der Waals surface area contributed by atoms with E-state index in [1.807, 2.05) is 0 Å². The minimum atomic E-state index is -0.414. The molecule has 1 aliphatic carbocycles. The summed E-state index contributed by atoms with van der Waals surface area (Å²) < 4.78 is 0. The largest absolute Gasteiger partial charge is 0.389 e. The summed E-state index contributed by atoms with van der Waals surface area (Å²) >= 11 is 0. The van der Waals surface area contributed by atoms with Gasteiger partial charge in [0.25, 0.3) is 0 Å². The van der Waals surface area contributed by atoms with E-state index in [4.69, 9.17) is 0 Å². The standard InChI is InChI=1S/C15H28N2O/c1-12-2-6-15(18,7-3-12)11-16-14-5-9-17-8-4-13(14)10-17/h12-14,16,18H,2-11H2,1H3. The molecule has 1 saturated carbocycles. The maximum absolute atomic E-state index is 10.6. The van der Waals surface area contributed by atoms with Gasteiger partial charge in [0, 0.05) is 19.1 Å². The van der Waals surface area contributed by atoms with Gasteiger partial charge in [0.15, 0.2) is 0 Å². The highest BCUT2D eigenvalue weighted by Gasteiger charge is 2.37. The number of hydrogen-bond acceptors (Lipinski definition) is 3. The molecule has 0 aromatic carbocycles. The van der Waals surface area contributed by atoms with Gasteiger partial charge in [-0.3, -0.25) is 0 Å². The quantitative estimate of drug-likeness (QED) is 0.801. The zero-order valence-electron chi connectivity index (χ0n) is 11.7. The topological polar surface area (TPSA) is 35.5 Å². The molecule has 3 atom stereocenters. The number of aliphatic hydroxyl groups is 1. The van der Waals surface area contributed by atoms with Crippen LogP contribution in [0.3, 0.4) is 0 Å². The summed E-state index contributed by atoms with van der Waals surface area (Å²) in [5.41, 5.74) is -0.414. The van der Waals surface area contributed by atoms with E-state index in [9.17, 15) is 5.11 Å². The first-order chi connectivity index (χ1) is 8.65. The van der Waals surface area contributed by atoms with E-state index in [0.29, 0.717) is 6.04 Å². The molecule has 3 rings (SSSR count). The third-order valence-electron chi connectivity index (χ3n) is 5.53. The van der Waals surface area contributed by atoms with Gasteiger partial charge in [-0.25, -0.2) is 0 Å². The van der Waals surface area contributed by atoms with Crippen LogP contribution in [0.25, 0.3) is 0 Å². The zero-order valence-corrected chi connectivity index (χ0v) is 11.7. The molecule has 0 spiro atoms. The van der Waals surface area contributed by atoms with E-state index in [2.05, 4.69) is 17.1 Å². The summed E-state index contributed by atoms with van der Waals surface area (Å²) in [5.74, 6) is 1.65. The van der Waals surface area contributed by atoms with Crippen LogP contribution in [0, 0.1) is 11.8 Å². The number of rotatable bonds is 3. The number of nitrogens with one attached hydrogen (secondary N) is 1. The molecule has 3 nitrogen and oxygen atoms in total. The van der Waals surface area contributed by atoms with Gasteiger partial charge in [-0.15, -0.1) is 0 Å². The molecule has 0 aromatic rings. The lowest BCUT2D eigenvalue weighted by molar-refractivity contribution is -0.0106. The average molecular weight is 252 g/mol. The molecule has 2 bridgehead atoms. The van der Waals surface area contributed by atoms with Gasteiger partial charge < -0.3 is 15.3 Å². The highest BCUT2D eigenvalue weighted by atomic mass is 16.3. The van der Waals surface area contributed by atoms with Crippen molar-refractivity contribution in [2.75, 3.05) is 26.2 Å². The molecule has 2 aliphatic heterocycles. The van der Waals surface area contributed by atoms with Crippen LogP contribution >= 0.6 is 0 Å². The lowest BCUT2D eigenvalue weighted by Crippen LogP contribution is -2.51. The van der Waals surface area contributed by atoms with Crippen LogP contribution in [0.15, 0.2) is 0 Å². The van der Waals surface area contributed by atoms with Crippen molar-refractivity contribution < 1.29 is 5.11 Å². The monoisotopic (exact) mass is 252 g/mol. The van der Waals surface area contributed by atoms with Crippen LogP contribution < -0.4 is 5.32 Å². The van der Waals surface area contributed by atoms with Gasteiger partial charge in [0.2, 0.25) is 0 Å². The maximum Gasteiger partial charge on any atom is 0.0771 e. The zero-order chi connectivity index (χ0) is 12.6. The fraction of sp³-hybridized carbons (Fsp3) is 1.00. The summed E-state index contributed by atoms with van der Waals surface area (Å²) in [7, 11) is 0. The molecule has 0 aromatic heterocycles. The summed E-state index contributed by atoms with van der Waals surface area (Å²) in [6.07, 6.45) is 7.00. The molecule has 3 heteroatoms. The van der Waals surface area contributed by atoms with Crippen LogP contribution in [-0.2, 0) is 0 Å². The highest BCUT2D eigenvalue weighted by Crippen LogP contribution is 2.32. The molecule has 0 radical (unpaired) electrons. The van der Waals surface area contributed by atoms with Crippen molar-refractivity contribution in [3.63, 3.8) is 0 Å². The number of piperidine rings is 1. The fourth-order valence-corrected chi connectivity index (χ4v) is 4.02. The molecule has 3 fully saturated rings. The fourth-order valence-electron chi connectivity index (χ4n) is 4.02. The van der Waals surface area contributed by atoms with E-state index >= 15 is 0 Å². The van der Waals surface area contributed by atoms with Crippen LogP contribution in [0.2, 0.25) is 0 Å². The van der Waals surface area contributed by atoms with E-state index in [-0.39, 0.29) is 0 Å². The van der Waals surface area contributed by atoms with Crippen molar-refractivity contribution in [1.29, 1.82) is 0 Å². The van der Waals surface area contributed by atoms with E-state index < -0.39 is 5.60 Å². The van der Waals surface area contributed by atoms with Crippen molar-refractivity contribution in [1.82, 2.24) is 10.2 Å². The first kappa shape index (κ1) is 12.9. The second-order valence-corrected chi connectivity index (χ2v) is 7.03. The summed E-state index contributed by atoms with van der Waals surface area (Å²) in [5, 5.41) is 14.3. The highest BCUT2D eigenvalue weighted by molar-refractivity contribution is 4.93. The van der Waals surface area contributed by atoms with Crippen LogP contribution in [0.4, 0.5) is 0 Å². The predicted molar refractivity (Wildman–Crippen MR) is 73.5 cm³/mol. The van der Waals surface area contributed by atoms with Crippen molar-refractivity contribution in [3.8, 4) is 0 Å². The molecular formula is C15H28N2O. The summed E-state index contributed by atoms with van der Waals surface area (Å²) in [6.45, 7) is 6.96. The van der Waals surface area contributed by atoms with Gasteiger partial charge in [0.05, 0.1) is 5.60 Å². The predicted octanol–water partition coefficient (Wildman–Crippen LogP) is 1.61. The van der Waals surface area contributed by atoms with Gasteiger partial charge in [-0.1, -0.05) is 6.92 Å². The number of hydrogen-bond donors (Lipinski definition) is 2. The van der Waals surface area contributed by atoms with E-state index in [1.54, 1.807) is 0 Å². The minimum Gasteiger partial charge on any atom is -0.389 e. The molecule has 2 saturated heterocycles. The third kappa shape index (κ3) is 2.73. The molecule has 2 N–H and O–H groups in total. The second kappa shape index (κ2) is 5.10. The number of fused-ring (bicyclic) bond motifs is 2. The Kier molecular flexibility index (Phi) is 3.65. The number of nitrogens with zero attached hydrogens (tertiary/aromatic N) is 1. The molecule has 3 aliphatic rings.